The Labute approximate surface area is 219 Å². The summed E-state index contributed by atoms with van der Waals surface area (Å²) in [6.45, 7) is 5.51. The first-order valence-electron chi connectivity index (χ1n) is 12.1. The number of ether oxygens (including phenoxy) is 1. The molecule has 0 spiro atoms. The highest BCUT2D eigenvalue weighted by molar-refractivity contribution is 6.30. The molecule has 0 atom stereocenters. The molecule has 190 valence electrons. The first kappa shape index (κ1) is 25.0. The monoisotopic (exact) mass is 519 g/mol. The largest absolute Gasteiger partial charge is 0.384 e. The van der Waals surface area contributed by atoms with Gasteiger partial charge >= 0.3 is 0 Å². The summed E-state index contributed by atoms with van der Waals surface area (Å²) in [4.78, 5) is 20.0. The van der Waals surface area contributed by atoms with Gasteiger partial charge in [0, 0.05) is 55.7 Å². The van der Waals surface area contributed by atoms with Crippen molar-refractivity contribution >= 4 is 28.9 Å². The van der Waals surface area contributed by atoms with E-state index in [1.54, 1.807) is 24.5 Å². The third-order valence-corrected chi connectivity index (χ3v) is 6.20. The first-order valence-corrected chi connectivity index (χ1v) is 12.5. The molecule has 0 unspecified atom stereocenters. The van der Waals surface area contributed by atoms with Gasteiger partial charge in [-0.1, -0.05) is 23.7 Å². The summed E-state index contributed by atoms with van der Waals surface area (Å²) in [6.07, 6.45) is 3.85. The van der Waals surface area contributed by atoms with Gasteiger partial charge in [-0.05, 0) is 48.0 Å². The summed E-state index contributed by atoms with van der Waals surface area (Å²) >= 11 is 6.02. The maximum absolute atomic E-state index is 14.2. The summed E-state index contributed by atoms with van der Waals surface area (Å²) in [5.41, 5.74) is 2.43. The highest BCUT2D eigenvalue weighted by Crippen LogP contribution is 2.24. The molecule has 10 heteroatoms. The molecule has 3 heterocycles. The number of rotatable bonds is 9. The van der Waals surface area contributed by atoms with E-state index >= 15 is 0 Å². The number of morpholine rings is 1. The molecule has 8 nitrogen and oxygen atoms in total. The van der Waals surface area contributed by atoms with Crippen LogP contribution in [0.15, 0.2) is 67.0 Å². The van der Waals surface area contributed by atoms with Gasteiger partial charge in [-0.25, -0.2) is 24.3 Å². The van der Waals surface area contributed by atoms with Crippen LogP contribution in [0.1, 0.15) is 11.4 Å². The highest BCUT2D eigenvalue weighted by Gasteiger charge is 2.11. The second kappa shape index (κ2) is 12.1. The van der Waals surface area contributed by atoms with Crippen molar-refractivity contribution in [2.45, 2.75) is 6.42 Å². The number of hydrogen-bond donors (Lipinski definition) is 2. The van der Waals surface area contributed by atoms with Crippen LogP contribution < -0.4 is 10.6 Å². The lowest BCUT2D eigenvalue weighted by molar-refractivity contribution is 0.0398. The van der Waals surface area contributed by atoms with Gasteiger partial charge in [0.15, 0.2) is 5.82 Å². The molecular formula is C27H27ClFN7O. The third kappa shape index (κ3) is 6.97. The standard InChI is InChI=1S/C27H27ClFN7O/c28-20-3-6-23(29)22(18-20)27-32-10-8-25(35-27)33-24-7-9-31-26(34-24)17-19-1-4-21(5-2-19)30-11-12-36-13-15-37-16-14-36/h1-10,18,30H,11-17H2,(H,31,32,33,34,35). The molecule has 2 N–H and O–H groups in total. The number of halogens is 2. The number of aromatic nitrogens is 4. The minimum Gasteiger partial charge on any atom is -0.384 e. The topological polar surface area (TPSA) is 88.1 Å². The number of nitrogens with zero attached hydrogens (tertiary/aromatic N) is 5. The zero-order valence-electron chi connectivity index (χ0n) is 20.2. The minimum absolute atomic E-state index is 0.234. The van der Waals surface area contributed by atoms with E-state index in [9.17, 15) is 4.39 Å². The predicted molar refractivity (Wildman–Crippen MR) is 143 cm³/mol. The average molecular weight is 520 g/mol. The Hall–Kier alpha value is -3.66. The van der Waals surface area contributed by atoms with E-state index in [2.05, 4.69) is 59.7 Å². The lowest BCUT2D eigenvalue weighted by Gasteiger charge is -2.26. The molecule has 1 fully saturated rings. The second-order valence-electron chi connectivity index (χ2n) is 8.63. The van der Waals surface area contributed by atoms with Crippen LogP contribution in [-0.2, 0) is 11.2 Å². The van der Waals surface area contributed by atoms with Gasteiger partial charge in [-0.2, -0.15) is 0 Å². The second-order valence-corrected chi connectivity index (χ2v) is 9.06. The maximum atomic E-state index is 14.2. The molecule has 2 aromatic carbocycles. The fourth-order valence-electron chi connectivity index (χ4n) is 4.02. The molecule has 0 amide bonds. The van der Waals surface area contributed by atoms with Crippen LogP contribution in [0.5, 0.6) is 0 Å². The van der Waals surface area contributed by atoms with Crippen molar-refractivity contribution in [3.63, 3.8) is 0 Å². The zero-order chi connectivity index (χ0) is 25.5. The van der Waals surface area contributed by atoms with E-state index < -0.39 is 5.82 Å². The minimum atomic E-state index is -0.441. The van der Waals surface area contributed by atoms with Crippen LogP contribution in [0.3, 0.4) is 0 Å². The van der Waals surface area contributed by atoms with E-state index in [0.717, 1.165) is 50.6 Å². The van der Waals surface area contributed by atoms with Crippen LogP contribution in [0.4, 0.5) is 21.7 Å². The molecule has 0 saturated carbocycles. The van der Waals surface area contributed by atoms with E-state index in [4.69, 9.17) is 16.3 Å². The van der Waals surface area contributed by atoms with Crippen LogP contribution in [0.2, 0.25) is 5.02 Å². The van der Waals surface area contributed by atoms with Crippen molar-refractivity contribution < 1.29 is 9.13 Å². The number of anilines is 3. The molecular weight excluding hydrogens is 493 g/mol. The molecule has 1 saturated heterocycles. The molecule has 0 radical (unpaired) electrons. The third-order valence-electron chi connectivity index (χ3n) is 5.96. The van der Waals surface area contributed by atoms with E-state index in [0.29, 0.717) is 28.9 Å². The average Bonchev–Trinajstić information content (AvgIpc) is 2.92. The SMILES string of the molecule is Fc1ccc(Cl)cc1-c1nccc(Nc2ccnc(Cc3ccc(NCCN4CCOCC4)cc3)n2)n1. The Morgan fingerprint density at radius 3 is 2.49 bits per heavy atom. The molecule has 4 aromatic rings. The summed E-state index contributed by atoms with van der Waals surface area (Å²) in [5.74, 6) is 1.54. The Morgan fingerprint density at radius 2 is 1.68 bits per heavy atom. The van der Waals surface area contributed by atoms with E-state index in [1.165, 1.54) is 18.2 Å². The Balaban J connectivity index is 1.19. The van der Waals surface area contributed by atoms with Crippen LogP contribution in [-0.4, -0.2) is 64.2 Å². The van der Waals surface area contributed by atoms with Crippen molar-refractivity contribution in [3.8, 4) is 11.4 Å². The molecule has 2 aromatic heterocycles. The highest BCUT2D eigenvalue weighted by atomic mass is 35.5. The normalized spacial score (nSPS) is 13.9. The van der Waals surface area contributed by atoms with Crippen molar-refractivity contribution in [2.24, 2.45) is 0 Å². The molecule has 5 rings (SSSR count). The number of nitrogens with one attached hydrogen (secondary N) is 2. The Kier molecular flexibility index (Phi) is 8.15. The van der Waals surface area contributed by atoms with Crippen LogP contribution in [0.25, 0.3) is 11.4 Å². The van der Waals surface area contributed by atoms with Gasteiger partial charge in [-0.3, -0.25) is 4.90 Å². The molecule has 1 aliphatic heterocycles. The van der Waals surface area contributed by atoms with Crippen molar-refractivity contribution in [1.29, 1.82) is 0 Å². The van der Waals surface area contributed by atoms with Crippen molar-refractivity contribution in [1.82, 2.24) is 24.8 Å². The van der Waals surface area contributed by atoms with Gasteiger partial charge in [-0.15, -0.1) is 0 Å². The molecule has 37 heavy (non-hydrogen) atoms. The fraction of sp³-hybridized carbons (Fsp3) is 0.259. The predicted octanol–water partition coefficient (Wildman–Crippen LogP) is 4.80. The Bertz CT molecular complexity index is 1330. The number of hydrogen-bond acceptors (Lipinski definition) is 8. The quantitative estimate of drug-likeness (QED) is 0.326. The van der Waals surface area contributed by atoms with Crippen LogP contribution >= 0.6 is 11.6 Å². The summed E-state index contributed by atoms with van der Waals surface area (Å²) in [6, 6.07) is 16.1. The van der Waals surface area contributed by atoms with Gasteiger partial charge in [0.25, 0.3) is 0 Å². The number of benzene rings is 2. The maximum Gasteiger partial charge on any atom is 0.164 e. The van der Waals surface area contributed by atoms with Gasteiger partial charge in [0.1, 0.15) is 23.3 Å². The van der Waals surface area contributed by atoms with Gasteiger partial charge in [0.2, 0.25) is 0 Å². The summed E-state index contributed by atoms with van der Waals surface area (Å²) in [5, 5.41) is 7.04. The summed E-state index contributed by atoms with van der Waals surface area (Å²) in [7, 11) is 0. The fourth-order valence-corrected chi connectivity index (χ4v) is 4.19. The molecule has 1 aliphatic rings. The van der Waals surface area contributed by atoms with Crippen molar-refractivity contribution in [2.75, 3.05) is 50.0 Å². The smallest absolute Gasteiger partial charge is 0.164 e. The van der Waals surface area contributed by atoms with E-state index in [-0.39, 0.29) is 11.4 Å². The van der Waals surface area contributed by atoms with E-state index in [1.807, 2.05) is 0 Å². The van der Waals surface area contributed by atoms with Gasteiger partial charge < -0.3 is 15.4 Å². The Morgan fingerprint density at radius 1 is 0.919 bits per heavy atom. The lowest BCUT2D eigenvalue weighted by Crippen LogP contribution is -2.38. The first-order chi connectivity index (χ1) is 18.1. The van der Waals surface area contributed by atoms with Crippen LogP contribution in [0, 0.1) is 5.82 Å². The van der Waals surface area contributed by atoms with Crippen molar-refractivity contribution in [3.05, 3.63) is 89.2 Å². The molecule has 0 bridgehead atoms. The molecule has 0 aliphatic carbocycles. The van der Waals surface area contributed by atoms with Gasteiger partial charge in [0.05, 0.1) is 18.8 Å². The zero-order valence-corrected chi connectivity index (χ0v) is 21.0. The summed E-state index contributed by atoms with van der Waals surface area (Å²) < 4.78 is 19.6. The lowest BCUT2D eigenvalue weighted by atomic mass is 10.1.